The van der Waals surface area contributed by atoms with Gasteiger partial charge in [-0.15, -0.1) is 0 Å². The number of benzene rings is 2. The number of anilines is 4. The largest absolute Gasteiger partial charge is 0.348 e. The van der Waals surface area contributed by atoms with Crippen LogP contribution in [0.2, 0.25) is 0 Å². The summed E-state index contributed by atoms with van der Waals surface area (Å²) >= 11 is 0. The Kier molecular flexibility index (Phi) is 4.77. The molecule has 4 N–H and O–H groups in total. The first-order chi connectivity index (χ1) is 22.3. The van der Waals surface area contributed by atoms with Crippen molar-refractivity contribution in [1.29, 1.82) is 0 Å². The van der Waals surface area contributed by atoms with Crippen LogP contribution in [-0.2, 0) is 0 Å². The zero-order chi connectivity index (χ0) is 29.5. The van der Waals surface area contributed by atoms with Gasteiger partial charge in [0.2, 0.25) is 0 Å². The summed E-state index contributed by atoms with van der Waals surface area (Å²) < 4.78 is 3.79. The third-order valence-electron chi connectivity index (χ3n) is 8.42. The number of H-pyrrole nitrogens is 2. The smallest absolute Gasteiger partial charge is 0.163 e. The summed E-state index contributed by atoms with van der Waals surface area (Å²) in [4.78, 5) is 25.9. The minimum absolute atomic E-state index is 0.279. The summed E-state index contributed by atoms with van der Waals surface area (Å²) in [5.41, 5.74) is 6.60. The van der Waals surface area contributed by atoms with Gasteiger partial charge in [0.15, 0.2) is 11.7 Å². The average molecular weight is 587 g/mol. The molecule has 0 radical (unpaired) electrons. The van der Waals surface area contributed by atoms with E-state index in [4.69, 9.17) is 20.2 Å². The molecule has 6 aromatic rings. The van der Waals surface area contributed by atoms with Gasteiger partial charge < -0.3 is 20.6 Å². The monoisotopic (exact) mass is 586 g/mol. The van der Waals surface area contributed by atoms with E-state index in [-0.39, 0.29) is 5.92 Å². The molecule has 7 heterocycles. The topological polar surface area (TPSA) is 141 Å². The first kappa shape index (κ1) is 23.9. The second kappa shape index (κ2) is 8.97. The van der Waals surface area contributed by atoms with Crippen molar-refractivity contribution in [3.8, 4) is 0 Å². The molecule has 1 unspecified atom stereocenters. The molecule has 214 valence electrons. The molecular formula is C33H22N12. The van der Waals surface area contributed by atoms with Crippen molar-refractivity contribution in [2.45, 2.75) is 0 Å². The highest BCUT2D eigenvalue weighted by molar-refractivity contribution is 6.27. The number of rotatable bonds is 5. The average Bonchev–Trinajstić information content (AvgIpc) is 3.91. The summed E-state index contributed by atoms with van der Waals surface area (Å²) in [5.74, 6) is 4.15. The highest BCUT2D eigenvalue weighted by Gasteiger charge is 2.43. The van der Waals surface area contributed by atoms with Gasteiger partial charge in [0, 0.05) is 34.3 Å². The van der Waals surface area contributed by atoms with E-state index < -0.39 is 0 Å². The van der Waals surface area contributed by atoms with Crippen LogP contribution >= 0.6 is 0 Å². The summed E-state index contributed by atoms with van der Waals surface area (Å²) in [6.45, 7) is 0. The van der Waals surface area contributed by atoms with Crippen LogP contribution in [0.1, 0.15) is 0 Å². The Morgan fingerprint density at radius 2 is 1.33 bits per heavy atom. The van der Waals surface area contributed by atoms with E-state index in [2.05, 4.69) is 54.9 Å². The molecule has 1 aliphatic carbocycles. The second-order valence-corrected chi connectivity index (χ2v) is 11.0. The maximum absolute atomic E-state index is 5.08. The minimum Gasteiger partial charge on any atom is -0.348 e. The maximum atomic E-state index is 5.08. The molecule has 3 aliphatic heterocycles. The third-order valence-corrected chi connectivity index (χ3v) is 8.42. The maximum Gasteiger partial charge on any atom is 0.163 e. The van der Waals surface area contributed by atoms with Crippen LogP contribution in [0, 0.1) is 5.92 Å². The summed E-state index contributed by atoms with van der Waals surface area (Å²) in [7, 11) is 0. The molecule has 10 rings (SSSR count). The van der Waals surface area contributed by atoms with E-state index in [1.807, 2.05) is 82.7 Å². The van der Waals surface area contributed by atoms with Crippen molar-refractivity contribution in [1.82, 2.24) is 29.5 Å². The van der Waals surface area contributed by atoms with Gasteiger partial charge in [-0.05, 0) is 42.0 Å². The number of hydrogen-bond donors (Lipinski definition) is 4. The Bertz CT molecular complexity index is 2420. The Hall–Kier alpha value is -6.56. The number of aliphatic imine (C=N–C) groups is 4. The molecule has 45 heavy (non-hydrogen) atoms. The van der Waals surface area contributed by atoms with E-state index in [1.165, 1.54) is 6.34 Å². The van der Waals surface area contributed by atoms with Crippen LogP contribution in [0.5, 0.6) is 0 Å². The number of amidine groups is 2. The van der Waals surface area contributed by atoms with Crippen molar-refractivity contribution in [2.24, 2.45) is 25.9 Å². The number of aromatic amines is 2. The van der Waals surface area contributed by atoms with Crippen molar-refractivity contribution in [3.63, 3.8) is 0 Å². The van der Waals surface area contributed by atoms with E-state index in [9.17, 15) is 0 Å². The van der Waals surface area contributed by atoms with Gasteiger partial charge in [-0.25, -0.2) is 29.3 Å². The fourth-order valence-electron chi connectivity index (χ4n) is 6.50. The lowest BCUT2D eigenvalue weighted by atomic mass is 9.85. The number of para-hydroxylation sites is 2. The van der Waals surface area contributed by atoms with Gasteiger partial charge in [0.1, 0.15) is 35.6 Å². The van der Waals surface area contributed by atoms with Gasteiger partial charge in [-0.3, -0.25) is 0 Å². The predicted octanol–water partition coefficient (Wildman–Crippen LogP) is 5.99. The molecule has 12 nitrogen and oxygen atoms in total. The van der Waals surface area contributed by atoms with E-state index in [0.29, 0.717) is 23.3 Å². The number of dihydropyridines is 1. The fourth-order valence-corrected chi connectivity index (χ4v) is 6.50. The standard InChI is InChI=1S/C33H22N12/c1-5-18-15-38-44(28(18)22(7-1)40-24-9-3-13-34-24)32-20-11-12-21-26(20)27-30(42-32)36-17-37-31(27)43-33(21)45-29-19(16-39-45)6-2-8-23(29)41-25-10-4-14-35-25/h1-17,27,34-35,40-41H. The lowest BCUT2D eigenvalue weighted by Gasteiger charge is -2.30. The highest BCUT2D eigenvalue weighted by atomic mass is 15.4. The Labute approximate surface area is 254 Å². The number of hydrogen-bond acceptors (Lipinski definition) is 8. The quantitative estimate of drug-likeness (QED) is 0.197. The predicted molar refractivity (Wildman–Crippen MR) is 177 cm³/mol. The van der Waals surface area contributed by atoms with Crippen molar-refractivity contribution >= 4 is 74.5 Å². The third kappa shape index (κ3) is 3.47. The Morgan fingerprint density at radius 1 is 0.667 bits per heavy atom. The normalized spacial score (nSPS) is 18.0. The van der Waals surface area contributed by atoms with Crippen molar-refractivity contribution < 1.29 is 0 Å². The van der Waals surface area contributed by atoms with E-state index in [0.717, 1.165) is 61.5 Å². The number of fused-ring (bicyclic) bond motifs is 2. The van der Waals surface area contributed by atoms with Gasteiger partial charge in [0.05, 0.1) is 34.8 Å². The lowest BCUT2D eigenvalue weighted by molar-refractivity contribution is 0.883. The molecule has 1 atom stereocenters. The number of aromatic nitrogens is 6. The van der Waals surface area contributed by atoms with Crippen LogP contribution in [0.3, 0.4) is 0 Å². The van der Waals surface area contributed by atoms with Crippen molar-refractivity contribution in [2.75, 3.05) is 10.6 Å². The number of allylic oxidation sites excluding steroid dienone is 4. The number of nitrogens with one attached hydrogen (secondary N) is 4. The molecular weight excluding hydrogens is 564 g/mol. The Balaban J connectivity index is 1.17. The molecule has 0 saturated heterocycles. The van der Waals surface area contributed by atoms with Gasteiger partial charge in [0.25, 0.3) is 0 Å². The molecule has 0 amide bonds. The van der Waals surface area contributed by atoms with Gasteiger partial charge >= 0.3 is 0 Å². The van der Waals surface area contributed by atoms with E-state index in [1.54, 1.807) is 0 Å². The van der Waals surface area contributed by atoms with Crippen LogP contribution in [0.4, 0.5) is 23.0 Å². The molecule has 4 aliphatic rings. The van der Waals surface area contributed by atoms with Crippen LogP contribution in [-0.4, -0.2) is 53.4 Å². The van der Waals surface area contributed by atoms with Crippen LogP contribution in [0.25, 0.3) is 27.6 Å². The van der Waals surface area contributed by atoms with Gasteiger partial charge in [-0.2, -0.15) is 10.2 Å². The summed E-state index contributed by atoms with van der Waals surface area (Å²) in [6, 6.07) is 20.1. The molecule has 0 bridgehead atoms. The zero-order valence-electron chi connectivity index (χ0n) is 23.5. The lowest BCUT2D eigenvalue weighted by Crippen LogP contribution is -2.36. The summed E-state index contributed by atoms with van der Waals surface area (Å²) in [5, 5.41) is 18.6. The Morgan fingerprint density at radius 3 is 2.02 bits per heavy atom. The zero-order valence-corrected chi connectivity index (χ0v) is 23.5. The molecule has 4 aromatic heterocycles. The molecule has 2 aromatic carbocycles. The SMILES string of the molecule is C1=CC2=C(n3ncc4cccc(Nc5ccc[nH]5)c43)N=C3N=CN=C4N=C(n5ncc6cccc(Nc7ccc[nH]7)c65)C1=C2C43. The van der Waals surface area contributed by atoms with Gasteiger partial charge in [-0.1, -0.05) is 36.4 Å². The first-order valence-electron chi connectivity index (χ1n) is 14.5. The fraction of sp³-hybridized carbons (Fsp3) is 0.0303. The highest BCUT2D eigenvalue weighted by Crippen LogP contribution is 2.45. The van der Waals surface area contributed by atoms with E-state index >= 15 is 0 Å². The van der Waals surface area contributed by atoms with Crippen molar-refractivity contribution in [3.05, 3.63) is 114 Å². The molecule has 0 fully saturated rings. The van der Waals surface area contributed by atoms with Crippen LogP contribution in [0.15, 0.2) is 134 Å². The second-order valence-electron chi connectivity index (χ2n) is 11.0. The molecule has 12 heteroatoms. The molecule has 0 saturated carbocycles. The van der Waals surface area contributed by atoms with Crippen LogP contribution < -0.4 is 10.6 Å². The molecule has 0 spiro atoms. The minimum atomic E-state index is -0.279. The first-order valence-corrected chi connectivity index (χ1v) is 14.5. The summed E-state index contributed by atoms with van der Waals surface area (Å²) in [6.07, 6.45) is 13.2. The number of nitrogens with zero attached hydrogens (tertiary/aromatic N) is 8.